The molecule has 0 heterocycles. The maximum Gasteiger partial charge on any atom is 0.303 e. The zero-order valence-corrected chi connectivity index (χ0v) is 41.9. The van der Waals surface area contributed by atoms with Gasteiger partial charge in [-0.3, -0.25) is 28.8 Å². The highest BCUT2D eigenvalue weighted by atomic mass is 16.6. The Bertz CT molecular complexity index is 1210. The number of ether oxygens (including phenoxy) is 5. The van der Waals surface area contributed by atoms with Crippen LogP contribution in [-0.2, 0) is 52.5 Å². The van der Waals surface area contributed by atoms with Gasteiger partial charge in [-0.1, -0.05) is 200 Å². The number of hydrogen-bond acceptors (Lipinski definition) is 11. The molecule has 0 aliphatic carbocycles. The first-order chi connectivity index (χ1) is 30.8. The first-order valence-corrected chi connectivity index (χ1v) is 25.9. The van der Waals surface area contributed by atoms with E-state index in [-0.39, 0.29) is 6.42 Å². The number of carbonyl (C=O) groups excluding carboxylic acids is 6. The SMILES string of the molecule is CCCCCCCCCCCCCCCCCC[C@@H](OC(C)=O)[C@@H](OC(C)=O)[C@H](COC(C)=O)NC(=O)[C@@H](OC(C)=O)[C@H](CCCCCCCCCCCCCCCCC)OC(C)=O. The lowest BCUT2D eigenvalue weighted by Gasteiger charge is -2.34. The number of hydrogen-bond donors (Lipinski definition) is 1. The van der Waals surface area contributed by atoms with E-state index >= 15 is 0 Å². The quantitative estimate of drug-likeness (QED) is 0.0352. The average Bonchev–Trinajstić information content (AvgIpc) is 3.23. The van der Waals surface area contributed by atoms with Crippen molar-refractivity contribution in [3.63, 3.8) is 0 Å². The minimum absolute atomic E-state index is 0.264. The predicted molar refractivity (Wildman–Crippen MR) is 254 cm³/mol. The van der Waals surface area contributed by atoms with Crippen LogP contribution in [0.1, 0.15) is 260 Å². The first-order valence-electron chi connectivity index (χ1n) is 25.9. The molecule has 0 saturated heterocycles. The summed E-state index contributed by atoms with van der Waals surface area (Å²) < 4.78 is 27.8. The Morgan fingerprint density at radius 1 is 0.359 bits per heavy atom. The van der Waals surface area contributed by atoms with Gasteiger partial charge in [0.2, 0.25) is 6.10 Å². The average molecular weight is 910 g/mol. The summed E-state index contributed by atoms with van der Waals surface area (Å²) in [5, 5.41) is 2.75. The minimum Gasteiger partial charge on any atom is -0.464 e. The van der Waals surface area contributed by atoms with Crippen molar-refractivity contribution in [1.29, 1.82) is 0 Å². The Morgan fingerprint density at radius 2 is 0.656 bits per heavy atom. The molecule has 374 valence electrons. The molecule has 0 bridgehead atoms. The number of nitrogens with one attached hydrogen (secondary N) is 1. The molecule has 0 aromatic rings. The highest BCUT2D eigenvalue weighted by molar-refractivity contribution is 5.85. The number of carbonyl (C=O) groups is 6. The lowest BCUT2D eigenvalue weighted by atomic mass is 9.97. The maximum atomic E-state index is 14.1. The highest BCUT2D eigenvalue weighted by Crippen LogP contribution is 2.22. The van der Waals surface area contributed by atoms with Gasteiger partial charge in [0.25, 0.3) is 5.91 Å². The van der Waals surface area contributed by atoms with Gasteiger partial charge in [-0.15, -0.1) is 0 Å². The molecule has 0 spiro atoms. The molecule has 12 heteroatoms. The molecule has 0 unspecified atom stereocenters. The lowest BCUT2D eigenvalue weighted by Crippen LogP contribution is -2.57. The van der Waals surface area contributed by atoms with Gasteiger partial charge in [0, 0.05) is 34.6 Å². The van der Waals surface area contributed by atoms with E-state index in [0.717, 1.165) is 58.3 Å². The number of rotatable bonds is 44. The zero-order valence-electron chi connectivity index (χ0n) is 41.9. The summed E-state index contributed by atoms with van der Waals surface area (Å²) in [6.45, 7) is 10.1. The van der Waals surface area contributed by atoms with Crippen LogP contribution in [0.4, 0.5) is 0 Å². The molecule has 0 rings (SSSR count). The molecular formula is C52H95NO11. The van der Waals surface area contributed by atoms with Gasteiger partial charge in [-0.05, 0) is 25.7 Å². The molecule has 1 amide bonds. The van der Waals surface area contributed by atoms with E-state index in [1.54, 1.807) is 0 Å². The van der Waals surface area contributed by atoms with Crippen LogP contribution in [0, 0.1) is 0 Å². The molecule has 0 saturated carbocycles. The van der Waals surface area contributed by atoms with Crippen LogP contribution in [0.25, 0.3) is 0 Å². The molecular weight excluding hydrogens is 815 g/mol. The maximum absolute atomic E-state index is 14.1. The van der Waals surface area contributed by atoms with E-state index in [1.165, 1.54) is 163 Å². The van der Waals surface area contributed by atoms with Gasteiger partial charge >= 0.3 is 29.8 Å². The fourth-order valence-electron chi connectivity index (χ4n) is 8.38. The van der Waals surface area contributed by atoms with Crippen molar-refractivity contribution in [2.24, 2.45) is 0 Å². The van der Waals surface area contributed by atoms with Crippen LogP contribution in [0.2, 0.25) is 0 Å². The first kappa shape index (κ1) is 60.8. The summed E-state index contributed by atoms with van der Waals surface area (Å²) in [7, 11) is 0. The number of esters is 5. The summed E-state index contributed by atoms with van der Waals surface area (Å²) >= 11 is 0. The second kappa shape index (κ2) is 42.5. The van der Waals surface area contributed by atoms with Crippen molar-refractivity contribution in [2.45, 2.75) is 291 Å². The van der Waals surface area contributed by atoms with Crippen LogP contribution in [0.3, 0.4) is 0 Å². The normalized spacial score (nSPS) is 13.5. The van der Waals surface area contributed by atoms with E-state index in [4.69, 9.17) is 23.7 Å². The molecule has 0 aliphatic rings. The van der Waals surface area contributed by atoms with Gasteiger partial charge in [-0.25, -0.2) is 0 Å². The molecule has 64 heavy (non-hydrogen) atoms. The van der Waals surface area contributed by atoms with E-state index in [0.29, 0.717) is 19.3 Å². The van der Waals surface area contributed by atoms with Gasteiger partial charge in [0.05, 0.1) is 0 Å². The van der Waals surface area contributed by atoms with Gasteiger partial charge in [0.15, 0.2) is 6.10 Å². The Balaban J connectivity index is 5.44. The van der Waals surface area contributed by atoms with E-state index in [9.17, 15) is 28.8 Å². The fourth-order valence-corrected chi connectivity index (χ4v) is 8.38. The van der Waals surface area contributed by atoms with Crippen LogP contribution in [-0.4, -0.2) is 72.8 Å². The van der Waals surface area contributed by atoms with E-state index < -0.39 is 72.8 Å². The van der Waals surface area contributed by atoms with Gasteiger partial charge < -0.3 is 29.0 Å². The molecule has 12 nitrogen and oxygen atoms in total. The third-order valence-corrected chi connectivity index (χ3v) is 11.8. The molecule has 0 aliphatic heterocycles. The van der Waals surface area contributed by atoms with Gasteiger partial charge in [0.1, 0.15) is 24.9 Å². The van der Waals surface area contributed by atoms with Crippen LogP contribution in [0.5, 0.6) is 0 Å². The number of unbranched alkanes of at least 4 members (excludes halogenated alkanes) is 29. The predicted octanol–water partition coefficient (Wildman–Crippen LogP) is 12.7. The molecule has 5 atom stereocenters. The number of amides is 1. The Labute approximate surface area is 389 Å². The Kier molecular flexibility index (Phi) is 40.3. The van der Waals surface area contributed by atoms with Gasteiger partial charge in [-0.2, -0.15) is 0 Å². The second-order valence-electron chi connectivity index (χ2n) is 18.1. The molecule has 0 fully saturated rings. The van der Waals surface area contributed by atoms with Crippen LogP contribution in [0.15, 0.2) is 0 Å². The van der Waals surface area contributed by atoms with Crippen molar-refractivity contribution in [1.82, 2.24) is 5.32 Å². The summed E-state index contributed by atoms with van der Waals surface area (Å²) in [5.74, 6) is -4.18. The van der Waals surface area contributed by atoms with Crippen LogP contribution >= 0.6 is 0 Å². The van der Waals surface area contributed by atoms with Crippen molar-refractivity contribution in [3.8, 4) is 0 Å². The van der Waals surface area contributed by atoms with E-state index in [1.807, 2.05) is 0 Å². The fraction of sp³-hybridized carbons (Fsp3) is 0.885. The lowest BCUT2D eigenvalue weighted by molar-refractivity contribution is -0.176. The summed E-state index contributed by atoms with van der Waals surface area (Å²) in [6.07, 6.45) is 32.7. The van der Waals surface area contributed by atoms with E-state index in [2.05, 4.69) is 19.2 Å². The zero-order chi connectivity index (χ0) is 47.6. The topological polar surface area (TPSA) is 161 Å². The Hall–Kier alpha value is -3.18. The highest BCUT2D eigenvalue weighted by Gasteiger charge is 2.40. The van der Waals surface area contributed by atoms with Crippen molar-refractivity contribution in [2.75, 3.05) is 6.61 Å². The molecule has 1 N–H and O–H groups in total. The molecule has 0 aromatic heterocycles. The van der Waals surface area contributed by atoms with Crippen molar-refractivity contribution in [3.05, 3.63) is 0 Å². The largest absolute Gasteiger partial charge is 0.464 e. The smallest absolute Gasteiger partial charge is 0.303 e. The summed E-state index contributed by atoms with van der Waals surface area (Å²) in [4.78, 5) is 75.7. The van der Waals surface area contributed by atoms with Crippen molar-refractivity contribution >= 4 is 35.8 Å². The Morgan fingerprint density at radius 3 is 0.969 bits per heavy atom. The summed E-state index contributed by atoms with van der Waals surface area (Å²) in [6, 6.07) is -1.20. The third kappa shape index (κ3) is 37.1. The monoisotopic (exact) mass is 910 g/mol. The van der Waals surface area contributed by atoms with Crippen molar-refractivity contribution < 1.29 is 52.5 Å². The standard InChI is InChI=1S/C52H95NO11/c1-8-10-12-14-16-18-20-22-24-26-28-29-31-33-35-37-39-48(61-43(4)55)50(63-45(6)57)47(41-60-42(3)54)53-52(59)51(64-46(7)58)49(62-44(5)56)40-38-36-34-32-30-27-25-23-21-19-17-15-13-11-9-2/h47-51H,8-41H2,1-7H3,(H,53,59)/t47-,48+,49-,50-,51-/m0/s1. The van der Waals surface area contributed by atoms with Crippen LogP contribution < -0.4 is 5.32 Å². The minimum atomic E-state index is -1.54. The third-order valence-electron chi connectivity index (χ3n) is 11.8. The molecule has 0 radical (unpaired) electrons. The summed E-state index contributed by atoms with van der Waals surface area (Å²) in [5.41, 5.74) is 0. The second-order valence-corrected chi connectivity index (χ2v) is 18.1. The molecule has 0 aromatic carbocycles.